The van der Waals surface area contributed by atoms with Crippen LogP contribution in [0, 0.1) is 0 Å². The molecule has 1 unspecified atom stereocenters. The first-order valence-corrected chi connectivity index (χ1v) is 6.88. The van der Waals surface area contributed by atoms with E-state index in [4.69, 9.17) is 14.6 Å². The first-order valence-electron chi connectivity index (χ1n) is 6.09. The smallest absolute Gasteiger partial charge is 0.305 e. The van der Waals surface area contributed by atoms with Gasteiger partial charge < -0.3 is 19.9 Å². The maximum Gasteiger partial charge on any atom is 0.305 e. The van der Waals surface area contributed by atoms with Gasteiger partial charge in [0.25, 0.3) is 5.91 Å². The predicted molar refractivity (Wildman–Crippen MR) is 74.3 cm³/mol. The first-order chi connectivity index (χ1) is 9.47. The van der Waals surface area contributed by atoms with E-state index in [2.05, 4.69) is 21.2 Å². The van der Waals surface area contributed by atoms with Gasteiger partial charge in [0.2, 0.25) is 0 Å². The Kier molecular flexibility index (Phi) is 4.49. The molecule has 6 nitrogen and oxygen atoms in total. The van der Waals surface area contributed by atoms with Crippen molar-refractivity contribution < 1.29 is 24.2 Å². The molecule has 1 atom stereocenters. The summed E-state index contributed by atoms with van der Waals surface area (Å²) >= 11 is 3.33. The third-order valence-corrected chi connectivity index (χ3v) is 3.31. The molecule has 1 amide bonds. The number of benzene rings is 1. The monoisotopic (exact) mass is 343 g/mol. The SMILES string of the molecule is CC(CC(=O)O)NC(=O)c1cc(Br)c2c(c1)OCCO2. The van der Waals surface area contributed by atoms with Gasteiger partial charge in [-0.15, -0.1) is 0 Å². The van der Waals surface area contributed by atoms with E-state index in [1.165, 1.54) is 0 Å². The average molecular weight is 344 g/mol. The fourth-order valence-corrected chi connectivity index (χ4v) is 2.42. The summed E-state index contributed by atoms with van der Waals surface area (Å²) in [6.45, 7) is 2.53. The van der Waals surface area contributed by atoms with Gasteiger partial charge in [-0.2, -0.15) is 0 Å². The number of halogens is 1. The van der Waals surface area contributed by atoms with Crippen LogP contribution in [-0.4, -0.2) is 36.2 Å². The van der Waals surface area contributed by atoms with Crippen molar-refractivity contribution in [1.29, 1.82) is 0 Å². The maximum atomic E-state index is 12.1. The summed E-state index contributed by atoms with van der Waals surface area (Å²) in [7, 11) is 0. The average Bonchev–Trinajstić information content (AvgIpc) is 2.37. The number of ether oxygens (including phenoxy) is 2. The zero-order valence-electron chi connectivity index (χ0n) is 10.8. The lowest BCUT2D eigenvalue weighted by atomic mass is 10.1. The molecular weight excluding hydrogens is 330 g/mol. The van der Waals surface area contributed by atoms with Gasteiger partial charge in [-0.3, -0.25) is 9.59 Å². The van der Waals surface area contributed by atoms with E-state index in [-0.39, 0.29) is 12.3 Å². The van der Waals surface area contributed by atoms with Crippen molar-refractivity contribution in [3.63, 3.8) is 0 Å². The highest BCUT2D eigenvalue weighted by molar-refractivity contribution is 9.10. The molecule has 0 saturated carbocycles. The van der Waals surface area contributed by atoms with E-state index in [1.807, 2.05) is 0 Å². The number of fused-ring (bicyclic) bond motifs is 1. The summed E-state index contributed by atoms with van der Waals surface area (Å²) in [4.78, 5) is 22.6. The van der Waals surface area contributed by atoms with Crippen LogP contribution in [0.3, 0.4) is 0 Å². The van der Waals surface area contributed by atoms with Gasteiger partial charge >= 0.3 is 5.97 Å². The van der Waals surface area contributed by atoms with E-state index < -0.39 is 12.0 Å². The molecule has 1 aromatic rings. The van der Waals surface area contributed by atoms with Crippen molar-refractivity contribution in [2.24, 2.45) is 0 Å². The van der Waals surface area contributed by atoms with Gasteiger partial charge in [-0.1, -0.05) is 0 Å². The van der Waals surface area contributed by atoms with Crippen LogP contribution in [0.5, 0.6) is 11.5 Å². The quantitative estimate of drug-likeness (QED) is 0.870. The van der Waals surface area contributed by atoms with Crippen LogP contribution in [0.25, 0.3) is 0 Å². The lowest BCUT2D eigenvalue weighted by Crippen LogP contribution is -2.34. The van der Waals surface area contributed by atoms with E-state index in [9.17, 15) is 9.59 Å². The minimum Gasteiger partial charge on any atom is -0.486 e. The molecular formula is C13H14BrNO5. The topological polar surface area (TPSA) is 84.9 Å². The van der Waals surface area contributed by atoms with E-state index in [1.54, 1.807) is 19.1 Å². The Morgan fingerprint density at radius 3 is 2.80 bits per heavy atom. The van der Waals surface area contributed by atoms with E-state index >= 15 is 0 Å². The Bertz CT molecular complexity index is 546. The normalized spacial score (nSPS) is 14.5. The van der Waals surface area contributed by atoms with E-state index in [0.717, 1.165) is 0 Å². The van der Waals surface area contributed by atoms with Crippen molar-refractivity contribution in [3.05, 3.63) is 22.2 Å². The molecule has 1 aliphatic rings. The van der Waals surface area contributed by atoms with Crippen molar-refractivity contribution >= 4 is 27.8 Å². The molecule has 0 saturated heterocycles. The second-order valence-corrected chi connectivity index (χ2v) is 5.31. The molecule has 1 heterocycles. The van der Waals surface area contributed by atoms with Gasteiger partial charge in [0.05, 0.1) is 10.9 Å². The van der Waals surface area contributed by atoms with Crippen LogP contribution in [0.2, 0.25) is 0 Å². The number of carboxylic acids is 1. The highest BCUT2D eigenvalue weighted by Gasteiger charge is 2.20. The van der Waals surface area contributed by atoms with Gasteiger partial charge in [0, 0.05) is 11.6 Å². The summed E-state index contributed by atoms with van der Waals surface area (Å²) in [5, 5.41) is 11.3. The number of carboxylic acid groups (broad SMARTS) is 1. The van der Waals surface area contributed by atoms with Crippen LogP contribution >= 0.6 is 15.9 Å². The Balaban J connectivity index is 2.14. The molecule has 0 bridgehead atoms. The highest BCUT2D eigenvalue weighted by Crippen LogP contribution is 2.38. The van der Waals surface area contributed by atoms with Crippen LogP contribution < -0.4 is 14.8 Å². The van der Waals surface area contributed by atoms with Gasteiger partial charge in [-0.25, -0.2) is 0 Å². The molecule has 108 valence electrons. The van der Waals surface area contributed by atoms with Gasteiger partial charge in [-0.05, 0) is 35.0 Å². The summed E-state index contributed by atoms with van der Waals surface area (Å²) in [5.41, 5.74) is 0.387. The molecule has 0 aliphatic carbocycles. The number of carbonyl (C=O) groups excluding carboxylic acids is 1. The minimum absolute atomic E-state index is 0.128. The summed E-state index contributed by atoms with van der Waals surface area (Å²) in [6.07, 6.45) is -0.128. The minimum atomic E-state index is -0.957. The Morgan fingerprint density at radius 1 is 1.40 bits per heavy atom. The summed E-state index contributed by atoms with van der Waals surface area (Å²) in [6, 6.07) is 2.75. The number of hydrogen-bond donors (Lipinski definition) is 2. The largest absolute Gasteiger partial charge is 0.486 e. The number of carbonyl (C=O) groups is 2. The fraction of sp³-hybridized carbons (Fsp3) is 0.385. The van der Waals surface area contributed by atoms with Crippen LogP contribution in [0.1, 0.15) is 23.7 Å². The fourth-order valence-electron chi connectivity index (χ4n) is 1.86. The lowest BCUT2D eigenvalue weighted by Gasteiger charge is -2.20. The van der Waals surface area contributed by atoms with Crippen molar-refractivity contribution in [2.45, 2.75) is 19.4 Å². The molecule has 0 aromatic heterocycles. The number of aliphatic carboxylic acids is 1. The summed E-state index contributed by atoms with van der Waals surface area (Å²) in [5.74, 6) is -0.231. The number of rotatable bonds is 4. The van der Waals surface area contributed by atoms with E-state index in [0.29, 0.717) is 34.7 Å². The Labute approximate surface area is 124 Å². The first kappa shape index (κ1) is 14.6. The third kappa shape index (κ3) is 3.41. The highest BCUT2D eigenvalue weighted by atomic mass is 79.9. The number of nitrogens with one attached hydrogen (secondary N) is 1. The van der Waals surface area contributed by atoms with Crippen LogP contribution in [-0.2, 0) is 4.79 Å². The van der Waals surface area contributed by atoms with Crippen LogP contribution in [0.15, 0.2) is 16.6 Å². The molecule has 20 heavy (non-hydrogen) atoms. The zero-order chi connectivity index (χ0) is 14.7. The molecule has 1 aliphatic heterocycles. The third-order valence-electron chi connectivity index (χ3n) is 2.72. The molecule has 2 N–H and O–H groups in total. The van der Waals surface area contributed by atoms with Crippen LogP contribution in [0.4, 0.5) is 0 Å². The standard InChI is InChI=1S/C13H14BrNO5/c1-7(4-11(16)17)15-13(18)8-5-9(14)12-10(6-8)19-2-3-20-12/h5-7H,2-4H2,1H3,(H,15,18)(H,16,17). The molecule has 0 radical (unpaired) electrons. The molecule has 0 fully saturated rings. The second kappa shape index (κ2) is 6.13. The molecule has 0 spiro atoms. The second-order valence-electron chi connectivity index (χ2n) is 4.45. The Morgan fingerprint density at radius 2 is 2.10 bits per heavy atom. The van der Waals surface area contributed by atoms with Crippen molar-refractivity contribution in [1.82, 2.24) is 5.32 Å². The molecule has 2 rings (SSSR count). The molecule has 1 aromatic carbocycles. The molecule has 7 heteroatoms. The van der Waals surface area contributed by atoms with Crippen molar-refractivity contribution in [2.75, 3.05) is 13.2 Å². The number of amides is 1. The maximum absolute atomic E-state index is 12.1. The number of hydrogen-bond acceptors (Lipinski definition) is 4. The summed E-state index contributed by atoms with van der Waals surface area (Å²) < 4.78 is 11.5. The van der Waals surface area contributed by atoms with Gasteiger partial charge in [0.15, 0.2) is 11.5 Å². The predicted octanol–water partition coefficient (Wildman–Crippen LogP) is 1.81. The zero-order valence-corrected chi connectivity index (χ0v) is 12.4. The Hall–Kier alpha value is -1.76. The van der Waals surface area contributed by atoms with Crippen molar-refractivity contribution in [3.8, 4) is 11.5 Å². The lowest BCUT2D eigenvalue weighted by molar-refractivity contribution is -0.137. The van der Waals surface area contributed by atoms with Gasteiger partial charge in [0.1, 0.15) is 13.2 Å².